The molecular formula is C13H20N2O3S2. The summed E-state index contributed by atoms with van der Waals surface area (Å²) in [7, 11) is -3.55. The molecule has 5 nitrogen and oxygen atoms in total. The number of rotatable bonds is 5. The molecule has 0 radical (unpaired) electrons. The van der Waals surface area contributed by atoms with E-state index in [-0.39, 0.29) is 5.75 Å². The van der Waals surface area contributed by atoms with E-state index in [9.17, 15) is 13.2 Å². The van der Waals surface area contributed by atoms with Gasteiger partial charge in [0.1, 0.15) is 0 Å². The highest BCUT2D eigenvalue weighted by atomic mass is 32.2. The van der Waals surface area contributed by atoms with E-state index in [1.54, 1.807) is 13.8 Å². The van der Waals surface area contributed by atoms with Gasteiger partial charge in [-0.05, 0) is 37.7 Å². The molecule has 1 N–H and O–H groups in total. The van der Waals surface area contributed by atoms with E-state index in [0.717, 1.165) is 17.7 Å². The third kappa shape index (κ3) is 3.79. The third-order valence-electron chi connectivity index (χ3n) is 3.78. The van der Waals surface area contributed by atoms with Gasteiger partial charge in [0, 0.05) is 4.88 Å². The molecule has 0 spiro atoms. The summed E-state index contributed by atoms with van der Waals surface area (Å²) in [5.74, 6) is -0.0351. The van der Waals surface area contributed by atoms with Gasteiger partial charge in [0.25, 0.3) is 5.91 Å². The van der Waals surface area contributed by atoms with Crippen LogP contribution in [-0.2, 0) is 10.0 Å². The monoisotopic (exact) mass is 316 g/mol. The standard InChI is InChI=1S/C13H20N2O3S2/c1-9-12(10(2)19-14-9)13(16)15-20(17,18)8-7-11-5-3-4-6-11/h11H,3-8H2,1-2H3,(H,15,16). The quantitative estimate of drug-likeness (QED) is 0.905. The highest BCUT2D eigenvalue weighted by Crippen LogP contribution is 2.27. The Morgan fingerprint density at radius 2 is 2.00 bits per heavy atom. The molecule has 0 atom stereocenters. The zero-order valence-electron chi connectivity index (χ0n) is 11.8. The van der Waals surface area contributed by atoms with Crippen LogP contribution >= 0.6 is 11.5 Å². The summed E-state index contributed by atoms with van der Waals surface area (Å²) >= 11 is 1.21. The molecule has 7 heteroatoms. The van der Waals surface area contributed by atoms with Crippen molar-refractivity contribution >= 4 is 27.5 Å². The Hall–Kier alpha value is -0.950. The Morgan fingerprint density at radius 3 is 2.55 bits per heavy atom. The Bertz CT molecular complexity index is 567. The third-order valence-corrected chi connectivity index (χ3v) is 5.89. The van der Waals surface area contributed by atoms with Crippen LogP contribution in [0.3, 0.4) is 0 Å². The van der Waals surface area contributed by atoms with Gasteiger partial charge < -0.3 is 0 Å². The van der Waals surface area contributed by atoms with Crippen molar-refractivity contribution in [1.29, 1.82) is 0 Å². The average Bonchev–Trinajstić information content (AvgIpc) is 2.96. The molecular weight excluding hydrogens is 296 g/mol. The minimum atomic E-state index is -3.55. The second-order valence-electron chi connectivity index (χ2n) is 5.39. The van der Waals surface area contributed by atoms with E-state index in [1.165, 1.54) is 24.4 Å². The van der Waals surface area contributed by atoms with Crippen molar-refractivity contribution in [3.05, 3.63) is 16.1 Å². The zero-order chi connectivity index (χ0) is 14.8. The van der Waals surface area contributed by atoms with Crippen molar-refractivity contribution in [3.8, 4) is 0 Å². The lowest BCUT2D eigenvalue weighted by atomic mass is 10.1. The number of sulfonamides is 1. The lowest BCUT2D eigenvalue weighted by Crippen LogP contribution is -2.33. The van der Waals surface area contributed by atoms with Gasteiger partial charge in [-0.2, -0.15) is 4.37 Å². The molecule has 1 aliphatic carbocycles. The maximum Gasteiger partial charge on any atom is 0.267 e. The van der Waals surface area contributed by atoms with Crippen molar-refractivity contribution in [2.24, 2.45) is 5.92 Å². The summed E-state index contributed by atoms with van der Waals surface area (Å²) in [6, 6.07) is 0. The fraction of sp³-hybridized carbons (Fsp3) is 0.692. The van der Waals surface area contributed by atoms with Crippen LogP contribution in [-0.4, -0.2) is 24.5 Å². The second-order valence-corrected chi connectivity index (χ2v) is 8.21. The highest BCUT2D eigenvalue weighted by molar-refractivity contribution is 7.90. The summed E-state index contributed by atoms with van der Waals surface area (Å²) < 4.78 is 30.2. The summed E-state index contributed by atoms with van der Waals surface area (Å²) in [6.07, 6.45) is 5.24. The van der Waals surface area contributed by atoms with E-state index in [0.29, 0.717) is 23.6 Å². The maximum atomic E-state index is 12.0. The van der Waals surface area contributed by atoms with E-state index in [2.05, 4.69) is 9.10 Å². The van der Waals surface area contributed by atoms with Gasteiger partial charge in [-0.3, -0.25) is 4.79 Å². The van der Waals surface area contributed by atoms with Gasteiger partial charge in [0.2, 0.25) is 10.0 Å². The number of amides is 1. The number of carbonyl (C=O) groups is 1. The Balaban J connectivity index is 1.95. The number of carbonyl (C=O) groups excluding carboxylic acids is 1. The summed E-state index contributed by atoms with van der Waals surface area (Å²) in [5, 5.41) is 0. The lowest BCUT2D eigenvalue weighted by molar-refractivity contribution is 0.0980. The topological polar surface area (TPSA) is 76.1 Å². The van der Waals surface area contributed by atoms with Crippen LogP contribution in [0.1, 0.15) is 53.0 Å². The zero-order valence-corrected chi connectivity index (χ0v) is 13.4. The molecule has 0 bridgehead atoms. The average molecular weight is 316 g/mol. The number of nitrogens with zero attached hydrogens (tertiary/aromatic N) is 1. The maximum absolute atomic E-state index is 12.0. The fourth-order valence-corrected chi connectivity index (χ4v) is 4.50. The van der Waals surface area contributed by atoms with Crippen LogP contribution in [0, 0.1) is 19.8 Å². The number of aromatic nitrogens is 1. The molecule has 1 fully saturated rings. The van der Waals surface area contributed by atoms with Crippen LogP contribution in [0.15, 0.2) is 0 Å². The number of nitrogens with one attached hydrogen (secondary N) is 1. The molecule has 2 rings (SSSR count). The molecule has 1 aromatic rings. The summed E-state index contributed by atoms with van der Waals surface area (Å²) in [5.41, 5.74) is 0.968. The normalized spacial score (nSPS) is 16.5. The molecule has 1 amide bonds. The van der Waals surface area contributed by atoms with Crippen molar-refractivity contribution in [2.45, 2.75) is 46.0 Å². The van der Waals surface area contributed by atoms with Gasteiger partial charge in [-0.25, -0.2) is 13.1 Å². The van der Waals surface area contributed by atoms with Crippen LogP contribution in [0.5, 0.6) is 0 Å². The van der Waals surface area contributed by atoms with Gasteiger partial charge in [0.05, 0.1) is 17.0 Å². The fourth-order valence-electron chi connectivity index (χ4n) is 2.67. The minimum Gasteiger partial charge on any atom is -0.268 e. The SMILES string of the molecule is Cc1nsc(C)c1C(=O)NS(=O)(=O)CCC1CCCC1. The largest absolute Gasteiger partial charge is 0.268 e. The molecule has 0 aliphatic heterocycles. The molecule has 20 heavy (non-hydrogen) atoms. The number of aryl methyl sites for hydroxylation is 2. The van der Waals surface area contributed by atoms with Gasteiger partial charge in [-0.15, -0.1) is 0 Å². The molecule has 1 aromatic heterocycles. The molecule has 0 saturated heterocycles. The first-order chi connectivity index (χ1) is 9.39. The van der Waals surface area contributed by atoms with Crippen molar-refractivity contribution in [3.63, 3.8) is 0 Å². The van der Waals surface area contributed by atoms with E-state index >= 15 is 0 Å². The predicted molar refractivity (Wildman–Crippen MR) is 79.4 cm³/mol. The smallest absolute Gasteiger partial charge is 0.267 e. The Morgan fingerprint density at radius 1 is 1.35 bits per heavy atom. The summed E-state index contributed by atoms with van der Waals surface area (Å²) in [4.78, 5) is 12.8. The molecule has 112 valence electrons. The molecule has 1 aliphatic rings. The van der Waals surface area contributed by atoms with Crippen molar-refractivity contribution in [1.82, 2.24) is 9.10 Å². The second kappa shape index (κ2) is 6.22. The van der Waals surface area contributed by atoms with E-state index < -0.39 is 15.9 Å². The first-order valence-corrected chi connectivity index (χ1v) is 9.29. The first-order valence-electron chi connectivity index (χ1n) is 6.87. The molecule has 1 heterocycles. The predicted octanol–water partition coefficient (Wildman–Crippen LogP) is 2.40. The molecule has 1 saturated carbocycles. The van der Waals surface area contributed by atoms with Crippen molar-refractivity contribution < 1.29 is 13.2 Å². The Labute approximate surface area is 124 Å². The van der Waals surface area contributed by atoms with E-state index in [4.69, 9.17) is 0 Å². The highest BCUT2D eigenvalue weighted by Gasteiger charge is 2.23. The minimum absolute atomic E-state index is 0.0269. The van der Waals surface area contributed by atoms with Gasteiger partial charge in [0.15, 0.2) is 0 Å². The van der Waals surface area contributed by atoms with Crippen LogP contribution in [0.2, 0.25) is 0 Å². The molecule has 0 aromatic carbocycles. The number of hydrogen-bond donors (Lipinski definition) is 1. The van der Waals surface area contributed by atoms with Crippen molar-refractivity contribution in [2.75, 3.05) is 5.75 Å². The lowest BCUT2D eigenvalue weighted by Gasteiger charge is -2.10. The van der Waals surface area contributed by atoms with Crippen LogP contribution in [0.4, 0.5) is 0 Å². The van der Waals surface area contributed by atoms with E-state index in [1.807, 2.05) is 0 Å². The Kier molecular flexibility index (Phi) is 4.80. The molecule has 0 unspecified atom stereocenters. The van der Waals surface area contributed by atoms with Crippen LogP contribution in [0.25, 0.3) is 0 Å². The number of hydrogen-bond acceptors (Lipinski definition) is 5. The summed E-state index contributed by atoms with van der Waals surface area (Å²) in [6.45, 7) is 3.48. The first kappa shape index (κ1) is 15.4. The van der Waals surface area contributed by atoms with Crippen LogP contribution < -0.4 is 4.72 Å². The van der Waals surface area contributed by atoms with Gasteiger partial charge >= 0.3 is 0 Å². The van der Waals surface area contributed by atoms with Gasteiger partial charge in [-0.1, -0.05) is 25.7 Å².